The van der Waals surface area contributed by atoms with Crippen LogP contribution in [0.4, 0.5) is 0 Å². The Morgan fingerprint density at radius 2 is 2.14 bits per heavy atom. The Morgan fingerprint density at radius 3 is 2.86 bits per heavy atom. The highest BCUT2D eigenvalue weighted by atomic mass is 16.5. The van der Waals surface area contributed by atoms with Gasteiger partial charge in [-0.1, -0.05) is 17.9 Å². The second-order valence-corrected chi connectivity index (χ2v) is 4.84. The largest absolute Gasteiger partial charge is 0.385 e. The first-order valence-electron chi connectivity index (χ1n) is 7.25. The summed E-state index contributed by atoms with van der Waals surface area (Å²) in [7, 11) is 1.70. The normalized spacial score (nSPS) is 9.86. The lowest BCUT2D eigenvalue weighted by atomic mass is 10.0. The van der Waals surface area contributed by atoms with Gasteiger partial charge in [0.25, 0.3) is 5.91 Å². The van der Waals surface area contributed by atoms with Crippen molar-refractivity contribution in [3.05, 3.63) is 34.9 Å². The molecular weight excluding hydrogens is 264 g/mol. The summed E-state index contributed by atoms with van der Waals surface area (Å²) in [6.07, 6.45) is 3.03. The number of nitrogens with one attached hydrogen (secondary N) is 1. The maximum Gasteiger partial charge on any atom is 0.251 e. The van der Waals surface area contributed by atoms with E-state index in [-0.39, 0.29) is 5.91 Å². The van der Waals surface area contributed by atoms with E-state index in [0.29, 0.717) is 18.7 Å². The van der Waals surface area contributed by atoms with Crippen molar-refractivity contribution in [3.8, 4) is 11.8 Å². The van der Waals surface area contributed by atoms with E-state index in [1.807, 2.05) is 25.1 Å². The van der Waals surface area contributed by atoms with Crippen molar-refractivity contribution >= 4 is 5.91 Å². The van der Waals surface area contributed by atoms with E-state index in [9.17, 15) is 4.79 Å². The molecule has 0 heterocycles. The molecule has 0 aliphatic heterocycles. The molecule has 0 aromatic heterocycles. The van der Waals surface area contributed by atoms with Crippen molar-refractivity contribution in [2.24, 2.45) is 5.73 Å². The molecule has 0 aliphatic carbocycles. The fraction of sp³-hybridized carbons (Fsp3) is 0.471. The van der Waals surface area contributed by atoms with Gasteiger partial charge >= 0.3 is 0 Å². The molecule has 1 amide bonds. The van der Waals surface area contributed by atoms with E-state index in [0.717, 1.165) is 37.0 Å². The predicted molar refractivity (Wildman–Crippen MR) is 85.2 cm³/mol. The van der Waals surface area contributed by atoms with Gasteiger partial charge < -0.3 is 15.8 Å². The summed E-state index contributed by atoms with van der Waals surface area (Å²) in [5.41, 5.74) is 7.92. The van der Waals surface area contributed by atoms with Crippen LogP contribution in [0.2, 0.25) is 0 Å². The SMILES string of the molecule is COCCCCCNC(=O)c1ccc(C)c(C#CCN)c1. The van der Waals surface area contributed by atoms with Crippen molar-refractivity contribution in [1.29, 1.82) is 0 Å². The van der Waals surface area contributed by atoms with Crippen LogP contribution in [-0.4, -0.2) is 32.7 Å². The number of ether oxygens (including phenoxy) is 1. The maximum atomic E-state index is 12.1. The van der Waals surface area contributed by atoms with Gasteiger partial charge in [-0.25, -0.2) is 0 Å². The highest BCUT2D eigenvalue weighted by Crippen LogP contribution is 2.10. The second-order valence-electron chi connectivity index (χ2n) is 4.84. The summed E-state index contributed by atoms with van der Waals surface area (Å²) in [5.74, 6) is 5.75. The van der Waals surface area contributed by atoms with Gasteiger partial charge in [0.15, 0.2) is 0 Å². The van der Waals surface area contributed by atoms with Crippen LogP contribution in [0.25, 0.3) is 0 Å². The van der Waals surface area contributed by atoms with Crippen molar-refractivity contribution in [1.82, 2.24) is 5.32 Å². The first-order chi connectivity index (χ1) is 10.2. The number of rotatable bonds is 7. The highest BCUT2D eigenvalue weighted by molar-refractivity contribution is 5.94. The molecule has 114 valence electrons. The molecule has 4 nitrogen and oxygen atoms in total. The highest BCUT2D eigenvalue weighted by Gasteiger charge is 2.06. The van der Waals surface area contributed by atoms with Gasteiger partial charge in [-0.2, -0.15) is 0 Å². The van der Waals surface area contributed by atoms with E-state index in [4.69, 9.17) is 10.5 Å². The van der Waals surface area contributed by atoms with Crippen LogP contribution in [0, 0.1) is 18.8 Å². The second kappa shape index (κ2) is 9.98. The lowest BCUT2D eigenvalue weighted by molar-refractivity contribution is 0.0952. The predicted octanol–water partition coefficient (Wildman–Crippen LogP) is 1.85. The minimum atomic E-state index is -0.0578. The van der Waals surface area contributed by atoms with Gasteiger partial charge in [0.05, 0.1) is 6.54 Å². The van der Waals surface area contributed by atoms with Gasteiger partial charge in [-0.05, 0) is 43.9 Å². The Kier molecular flexibility index (Phi) is 8.18. The quantitative estimate of drug-likeness (QED) is 0.594. The molecule has 3 N–H and O–H groups in total. The summed E-state index contributed by atoms with van der Waals surface area (Å²) < 4.78 is 4.99. The number of amides is 1. The lowest BCUT2D eigenvalue weighted by Gasteiger charge is -2.07. The Bertz CT molecular complexity index is 515. The zero-order valence-corrected chi connectivity index (χ0v) is 12.9. The smallest absolute Gasteiger partial charge is 0.251 e. The van der Waals surface area contributed by atoms with Gasteiger partial charge in [0.2, 0.25) is 0 Å². The summed E-state index contributed by atoms with van der Waals surface area (Å²) in [4.78, 5) is 12.1. The Hall–Kier alpha value is -1.83. The minimum Gasteiger partial charge on any atom is -0.385 e. The van der Waals surface area contributed by atoms with E-state index in [1.54, 1.807) is 7.11 Å². The molecule has 0 saturated carbocycles. The number of carbonyl (C=O) groups is 1. The molecule has 1 rings (SSSR count). The number of hydrogen-bond acceptors (Lipinski definition) is 3. The van der Waals surface area contributed by atoms with E-state index in [1.165, 1.54) is 0 Å². The van der Waals surface area contributed by atoms with Crippen LogP contribution in [0.15, 0.2) is 18.2 Å². The van der Waals surface area contributed by atoms with E-state index in [2.05, 4.69) is 17.2 Å². The minimum absolute atomic E-state index is 0.0578. The molecule has 21 heavy (non-hydrogen) atoms. The van der Waals surface area contributed by atoms with Crippen molar-refractivity contribution in [2.75, 3.05) is 26.8 Å². The summed E-state index contributed by atoms with van der Waals surface area (Å²) in [5, 5.41) is 2.93. The summed E-state index contributed by atoms with van der Waals surface area (Å²) in [6.45, 7) is 3.74. The van der Waals surface area contributed by atoms with E-state index < -0.39 is 0 Å². The molecule has 0 aliphatic rings. The molecule has 0 radical (unpaired) electrons. The Morgan fingerprint density at radius 1 is 1.33 bits per heavy atom. The van der Waals surface area contributed by atoms with Crippen LogP contribution in [0.5, 0.6) is 0 Å². The number of hydrogen-bond donors (Lipinski definition) is 2. The number of unbranched alkanes of at least 4 members (excludes halogenated alkanes) is 2. The fourth-order valence-corrected chi connectivity index (χ4v) is 1.90. The van der Waals surface area contributed by atoms with Gasteiger partial charge in [0.1, 0.15) is 0 Å². The third kappa shape index (κ3) is 6.44. The average Bonchev–Trinajstić information content (AvgIpc) is 2.49. The van der Waals surface area contributed by atoms with Gasteiger partial charge in [-0.3, -0.25) is 4.79 Å². The number of nitrogens with two attached hydrogens (primary N) is 1. The monoisotopic (exact) mass is 288 g/mol. The Labute approximate surface area is 127 Å². The molecule has 0 spiro atoms. The average molecular weight is 288 g/mol. The first kappa shape index (κ1) is 17.2. The zero-order valence-electron chi connectivity index (χ0n) is 12.9. The third-order valence-electron chi connectivity index (χ3n) is 3.14. The molecule has 0 atom stereocenters. The summed E-state index contributed by atoms with van der Waals surface area (Å²) in [6, 6.07) is 5.55. The van der Waals surface area contributed by atoms with Crippen LogP contribution in [-0.2, 0) is 4.74 Å². The lowest BCUT2D eigenvalue weighted by Crippen LogP contribution is -2.24. The number of aryl methyl sites for hydroxylation is 1. The molecular formula is C17H24N2O2. The molecule has 0 bridgehead atoms. The molecule has 4 heteroatoms. The summed E-state index contributed by atoms with van der Waals surface area (Å²) >= 11 is 0. The van der Waals surface area contributed by atoms with Crippen molar-refractivity contribution in [2.45, 2.75) is 26.2 Å². The fourth-order valence-electron chi connectivity index (χ4n) is 1.90. The van der Waals surface area contributed by atoms with Gasteiger partial charge in [0, 0.05) is 31.4 Å². The molecule has 1 aromatic carbocycles. The number of benzene rings is 1. The van der Waals surface area contributed by atoms with Crippen LogP contribution < -0.4 is 11.1 Å². The molecule has 1 aromatic rings. The number of methoxy groups -OCH3 is 1. The first-order valence-corrected chi connectivity index (χ1v) is 7.25. The van der Waals surface area contributed by atoms with Crippen LogP contribution >= 0.6 is 0 Å². The van der Waals surface area contributed by atoms with Gasteiger partial charge in [-0.15, -0.1) is 0 Å². The molecule has 0 fully saturated rings. The zero-order chi connectivity index (χ0) is 15.5. The topological polar surface area (TPSA) is 64.3 Å². The molecule has 0 saturated heterocycles. The van der Waals surface area contributed by atoms with Crippen LogP contribution in [0.1, 0.15) is 40.7 Å². The molecule has 0 unspecified atom stereocenters. The van der Waals surface area contributed by atoms with E-state index >= 15 is 0 Å². The number of carbonyl (C=O) groups excluding carboxylic acids is 1. The third-order valence-corrected chi connectivity index (χ3v) is 3.14. The Balaban J connectivity index is 2.50. The van der Waals surface area contributed by atoms with Crippen molar-refractivity contribution < 1.29 is 9.53 Å². The standard InChI is InChI=1S/C17H24N2O2/c1-14-8-9-16(13-15(14)7-6-10-18)17(20)19-11-4-3-5-12-21-2/h8-9,13H,3-5,10-12,18H2,1-2H3,(H,19,20). The maximum absolute atomic E-state index is 12.1. The van der Waals surface area contributed by atoms with Crippen LogP contribution in [0.3, 0.4) is 0 Å². The van der Waals surface area contributed by atoms with Crippen molar-refractivity contribution in [3.63, 3.8) is 0 Å².